The van der Waals surface area contributed by atoms with Gasteiger partial charge in [0, 0.05) is 24.7 Å². The molecule has 0 spiro atoms. The van der Waals surface area contributed by atoms with E-state index in [1.165, 1.54) is 0 Å². The molecule has 1 N–H and O–H groups in total. The largest absolute Gasteiger partial charge is 0.494 e. The van der Waals surface area contributed by atoms with E-state index in [1.807, 2.05) is 56.3 Å². The second-order valence-corrected chi connectivity index (χ2v) is 6.98. The van der Waals surface area contributed by atoms with Crippen molar-refractivity contribution in [3.05, 3.63) is 54.1 Å². The lowest BCUT2D eigenvalue weighted by Crippen LogP contribution is -2.34. The quantitative estimate of drug-likeness (QED) is 0.892. The number of nitrogens with one attached hydrogen (secondary N) is 1. The number of benzene rings is 2. The van der Waals surface area contributed by atoms with Crippen molar-refractivity contribution < 1.29 is 14.3 Å². The molecule has 0 aliphatic carbocycles. The van der Waals surface area contributed by atoms with E-state index >= 15 is 0 Å². The van der Waals surface area contributed by atoms with Gasteiger partial charge in [-0.05, 0) is 38.0 Å². The summed E-state index contributed by atoms with van der Waals surface area (Å²) in [7, 11) is 1.57. The Morgan fingerprint density at radius 3 is 2.50 bits per heavy atom. The van der Waals surface area contributed by atoms with E-state index in [2.05, 4.69) is 5.32 Å². The molecule has 0 bridgehead atoms. The minimum Gasteiger partial charge on any atom is -0.494 e. The average Bonchev–Trinajstić information content (AvgIpc) is 3.08. The highest BCUT2D eigenvalue weighted by Gasteiger charge is 2.30. The molecule has 0 atom stereocenters. The van der Waals surface area contributed by atoms with Gasteiger partial charge in [0.1, 0.15) is 5.75 Å². The van der Waals surface area contributed by atoms with Crippen molar-refractivity contribution in [1.82, 2.24) is 0 Å². The molecular formula is C21H24N2O3. The average molecular weight is 352 g/mol. The lowest BCUT2D eigenvalue weighted by atomic mass is 9.83. The number of ether oxygens (including phenoxy) is 1. The summed E-state index contributed by atoms with van der Waals surface area (Å²) in [5, 5.41) is 2.96. The first-order valence-electron chi connectivity index (χ1n) is 8.79. The molecule has 1 saturated heterocycles. The molecule has 5 heteroatoms. The minimum absolute atomic E-state index is 0.101. The summed E-state index contributed by atoms with van der Waals surface area (Å²) in [5.41, 5.74) is 1.67. The Morgan fingerprint density at radius 2 is 1.88 bits per heavy atom. The van der Waals surface area contributed by atoms with Gasteiger partial charge in [0.25, 0.3) is 0 Å². The summed E-state index contributed by atoms with van der Waals surface area (Å²) in [6.45, 7) is 4.49. The zero-order valence-electron chi connectivity index (χ0n) is 15.4. The van der Waals surface area contributed by atoms with Gasteiger partial charge in [-0.15, -0.1) is 0 Å². The molecule has 1 fully saturated rings. The zero-order chi connectivity index (χ0) is 18.7. The second-order valence-electron chi connectivity index (χ2n) is 6.98. The number of rotatable bonds is 5. The molecule has 136 valence electrons. The van der Waals surface area contributed by atoms with E-state index in [4.69, 9.17) is 4.74 Å². The van der Waals surface area contributed by atoms with Crippen LogP contribution in [0.4, 0.5) is 11.4 Å². The molecule has 1 aliphatic heterocycles. The van der Waals surface area contributed by atoms with Crippen LogP contribution in [-0.4, -0.2) is 25.5 Å². The molecule has 0 unspecified atom stereocenters. The first-order chi connectivity index (χ1) is 12.4. The number of amides is 2. The number of carbonyl (C=O) groups is 2. The van der Waals surface area contributed by atoms with E-state index in [9.17, 15) is 9.59 Å². The summed E-state index contributed by atoms with van der Waals surface area (Å²) in [5.74, 6) is 0.580. The fourth-order valence-electron chi connectivity index (χ4n) is 3.15. The Labute approximate surface area is 154 Å². The molecule has 2 amide bonds. The molecule has 26 heavy (non-hydrogen) atoms. The summed E-state index contributed by atoms with van der Waals surface area (Å²) < 4.78 is 5.45. The third-order valence-electron chi connectivity index (χ3n) is 4.86. The minimum atomic E-state index is -0.669. The van der Waals surface area contributed by atoms with Crippen LogP contribution in [-0.2, 0) is 15.0 Å². The molecule has 5 nitrogen and oxygen atoms in total. The van der Waals surface area contributed by atoms with Crippen LogP contribution in [0.25, 0.3) is 0 Å². The summed E-state index contributed by atoms with van der Waals surface area (Å²) >= 11 is 0. The van der Waals surface area contributed by atoms with Crippen LogP contribution in [0.3, 0.4) is 0 Å². The number of anilines is 2. The van der Waals surface area contributed by atoms with Gasteiger partial charge in [0.2, 0.25) is 11.8 Å². The van der Waals surface area contributed by atoms with E-state index in [-0.39, 0.29) is 11.8 Å². The maximum absolute atomic E-state index is 12.8. The normalized spacial score (nSPS) is 14.4. The topological polar surface area (TPSA) is 58.6 Å². The van der Waals surface area contributed by atoms with Crippen molar-refractivity contribution in [2.45, 2.75) is 32.1 Å². The van der Waals surface area contributed by atoms with Crippen LogP contribution in [0.5, 0.6) is 5.75 Å². The van der Waals surface area contributed by atoms with Crippen LogP contribution in [0.1, 0.15) is 32.3 Å². The molecule has 2 aromatic rings. The Bertz CT molecular complexity index is 815. The monoisotopic (exact) mass is 352 g/mol. The van der Waals surface area contributed by atoms with Crippen LogP contribution < -0.4 is 15.0 Å². The standard InChI is InChI=1S/C21H24N2O3/c1-21(2,15-8-5-4-6-9-15)20(25)22-16-11-12-17(18(14-16)26-3)23-13-7-10-19(23)24/h4-6,8-9,11-12,14H,7,10,13H2,1-3H3,(H,22,25). The summed E-state index contributed by atoms with van der Waals surface area (Å²) in [4.78, 5) is 26.5. The molecule has 0 saturated carbocycles. The van der Waals surface area contributed by atoms with Gasteiger partial charge in [0.15, 0.2) is 0 Å². The van der Waals surface area contributed by atoms with E-state index in [0.29, 0.717) is 24.4 Å². The highest BCUT2D eigenvalue weighted by Crippen LogP contribution is 2.34. The number of hydrogen-bond acceptors (Lipinski definition) is 3. The lowest BCUT2D eigenvalue weighted by molar-refractivity contribution is -0.120. The molecule has 0 radical (unpaired) electrons. The Morgan fingerprint density at radius 1 is 1.15 bits per heavy atom. The Kier molecular flexibility index (Phi) is 4.98. The summed E-state index contributed by atoms with van der Waals surface area (Å²) in [6.07, 6.45) is 1.42. The van der Waals surface area contributed by atoms with Crippen LogP contribution in [0, 0.1) is 0 Å². The molecule has 2 aromatic carbocycles. The SMILES string of the molecule is COc1cc(NC(=O)C(C)(C)c2ccccc2)ccc1N1CCCC1=O. The second kappa shape index (κ2) is 7.20. The first kappa shape index (κ1) is 18.0. The van der Waals surface area contributed by atoms with E-state index < -0.39 is 5.41 Å². The van der Waals surface area contributed by atoms with Gasteiger partial charge in [-0.25, -0.2) is 0 Å². The predicted molar refractivity (Wildman–Crippen MR) is 103 cm³/mol. The van der Waals surface area contributed by atoms with Crippen molar-refractivity contribution in [2.75, 3.05) is 23.9 Å². The van der Waals surface area contributed by atoms with Crippen molar-refractivity contribution in [2.24, 2.45) is 0 Å². The van der Waals surface area contributed by atoms with Crippen molar-refractivity contribution in [1.29, 1.82) is 0 Å². The summed E-state index contributed by atoms with van der Waals surface area (Å²) in [6, 6.07) is 15.1. The third-order valence-corrected chi connectivity index (χ3v) is 4.86. The van der Waals surface area contributed by atoms with Gasteiger partial charge in [-0.2, -0.15) is 0 Å². The smallest absolute Gasteiger partial charge is 0.234 e. The lowest BCUT2D eigenvalue weighted by Gasteiger charge is -2.25. The Balaban J connectivity index is 1.82. The van der Waals surface area contributed by atoms with Gasteiger partial charge in [0.05, 0.1) is 18.2 Å². The van der Waals surface area contributed by atoms with E-state index in [0.717, 1.165) is 17.7 Å². The molecule has 0 aromatic heterocycles. The van der Waals surface area contributed by atoms with E-state index in [1.54, 1.807) is 18.1 Å². The van der Waals surface area contributed by atoms with Gasteiger partial charge in [-0.1, -0.05) is 30.3 Å². The number of methoxy groups -OCH3 is 1. The fraction of sp³-hybridized carbons (Fsp3) is 0.333. The maximum Gasteiger partial charge on any atom is 0.234 e. The van der Waals surface area contributed by atoms with Gasteiger partial charge < -0.3 is 15.0 Å². The van der Waals surface area contributed by atoms with Crippen LogP contribution >= 0.6 is 0 Å². The van der Waals surface area contributed by atoms with Crippen molar-refractivity contribution in [3.8, 4) is 5.75 Å². The number of hydrogen-bond donors (Lipinski definition) is 1. The molecule has 3 rings (SSSR count). The first-order valence-corrected chi connectivity index (χ1v) is 8.79. The van der Waals surface area contributed by atoms with Gasteiger partial charge in [-0.3, -0.25) is 9.59 Å². The van der Waals surface area contributed by atoms with Crippen LogP contribution in [0.2, 0.25) is 0 Å². The number of nitrogens with zero attached hydrogens (tertiary/aromatic N) is 1. The maximum atomic E-state index is 12.8. The predicted octanol–water partition coefficient (Wildman–Crippen LogP) is 3.74. The molecule has 1 heterocycles. The van der Waals surface area contributed by atoms with Crippen LogP contribution in [0.15, 0.2) is 48.5 Å². The fourth-order valence-corrected chi connectivity index (χ4v) is 3.15. The third kappa shape index (κ3) is 3.43. The van der Waals surface area contributed by atoms with Gasteiger partial charge >= 0.3 is 0 Å². The molecule has 1 aliphatic rings. The highest BCUT2D eigenvalue weighted by atomic mass is 16.5. The number of carbonyl (C=O) groups excluding carboxylic acids is 2. The molecular weight excluding hydrogens is 328 g/mol. The zero-order valence-corrected chi connectivity index (χ0v) is 15.4. The highest BCUT2D eigenvalue weighted by molar-refractivity contribution is 6.00. The van der Waals surface area contributed by atoms with Crippen molar-refractivity contribution in [3.63, 3.8) is 0 Å². The Hall–Kier alpha value is -2.82. The van der Waals surface area contributed by atoms with Crippen molar-refractivity contribution >= 4 is 23.2 Å².